The molecule has 1 aliphatic rings. The van der Waals surface area contributed by atoms with Crippen molar-refractivity contribution in [2.45, 2.75) is 44.9 Å². The van der Waals surface area contributed by atoms with Crippen molar-refractivity contribution >= 4 is 21.6 Å². The number of aryl methyl sites for hydroxylation is 1. The first kappa shape index (κ1) is 22.0. The summed E-state index contributed by atoms with van der Waals surface area (Å²) in [6.45, 7) is 5.48. The summed E-state index contributed by atoms with van der Waals surface area (Å²) in [4.78, 5) is 22.6. The van der Waals surface area contributed by atoms with Crippen LogP contribution in [0.3, 0.4) is 0 Å². The van der Waals surface area contributed by atoms with Crippen LogP contribution in [-0.2, 0) is 19.6 Å². The Hall–Kier alpha value is -2.31. The van der Waals surface area contributed by atoms with Crippen molar-refractivity contribution in [1.82, 2.24) is 4.31 Å². The van der Waals surface area contributed by atoms with Gasteiger partial charge in [0.25, 0.3) is 0 Å². The highest BCUT2D eigenvalue weighted by Crippen LogP contribution is 2.28. The molecule has 0 saturated heterocycles. The van der Waals surface area contributed by atoms with Crippen molar-refractivity contribution < 1.29 is 18.0 Å². The second-order valence-corrected chi connectivity index (χ2v) is 9.00. The van der Waals surface area contributed by atoms with E-state index in [0.29, 0.717) is 6.54 Å². The molecule has 5 nitrogen and oxygen atoms in total. The zero-order chi connectivity index (χ0) is 20.7. The van der Waals surface area contributed by atoms with E-state index < -0.39 is 10.0 Å². The normalized spacial score (nSPS) is 15.8. The van der Waals surface area contributed by atoms with Gasteiger partial charge in [0.15, 0.2) is 11.6 Å². The summed E-state index contributed by atoms with van der Waals surface area (Å²) < 4.78 is 27.4. The number of hydrogen-bond donors (Lipinski definition) is 0. The third-order valence-electron chi connectivity index (χ3n) is 4.55. The smallest absolute Gasteiger partial charge is 0.243 e. The molecule has 0 bridgehead atoms. The quantitative estimate of drug-likeness (QED) is 0.467. The Morgan fingerprint density at radius 3 is 2.29 bits per heavy atom. The van der Waals surface area contributed by atoms with Crippen LogP contribution in [-0.4, -0.2) is 37.4 Å². The topological polar surface area (TPSA) is 71.5 Å². The molecule has 0 aromatic heterocycles. The fourth-order valence-corrected chi connectivity index (χ4v) is 4.43. The second kappa shape index (κ2) is 9.75. The monoisotopic (exact) mass is 401 g/mol. The maximum atomic E-state index is 13.0. The molecule has 1 aromatic carbocycles. The maximum absolute atomic E-state index is 13.0. The lowest BCUT2D eigenvalue weighted by Gasteiger charge is -2.17. The van der Waals surface area contributed by atoms with E-state index in [1.165, 1.54) is 24.2 Å². The van der Waals surface area contributed by atoms with Gasteiger partial charge in [-0.15, -0.1) is 0 Å². The predicted octanol–water partition coefficient (Wildman–Crippen LogP) is 3.76. The largest absolute Gasteiger partial charge is 0.295 e. The molecule has 1 aliphatic heterocycles. The van der Waals surface area contributed by atoms with Gasteiger partial charge in [0, 0.05) is 13.1 Å². The molecule has 0 atom stereocenters. The molecular weight excluding hydrogens is 374 g/mol. The molecule has 0 saturated carbocycles. The average Bonchev–Trinajstić information content (AvgIpc) is 3.03. The highest BCUT2D eigenvalue weighted by molar-refractivity contribution is 7.89. The van der Waals surface area contributed by atoms with Gasteiger partial charge in [0.1, 0.15) is 0 Å². The highest BCUT2D eigenvalue weighted by Gasteiger charge is 2.31. The van der Waals surface area contributed by atoms with Crippen LogP contribution >= 0.6 is 0 Å². The number of allylic oxidation sites excluding steroid dienone is 3. The van der Waals surface area contributed by atoms with Gasteiger partial charge in [-0.1, -0.05) is 35.4 Å². The number of carbonyl (C=O) groups is 2. The molecule has 1 heterocycles. The van der Waals surface area contributed by atoms with Gasteiger partial charge >= 0.3 is 0 Å². The molecule has 0 aliphatic carbocycles. The van der Waals surface area contributed by atoms with Crippen LogP contribution in [0, 0.1) is 6.92 Å². The lowest BCUT2D eigenvalue weighted by atomic mass is 10.0. The summed E-state index contributed by atoms with van der Waals surface area (Å²) >= 11 is 0. The van der Waals surface area contributed by atoms with E-state index in [1.54, 1.807) is 36.4 Å². The SMILES string of the molecule is CC(=O)/C=C/CCCC1=C(/C=C/C(C)=O)CN(S(=O)(=O)c2ccc(C)cc2)C1. The molecule has 1 aromatic rings. The number of hydrogen-bond acceptors (Lipinski definition) is 4. The van der Waals surface area contributed by atoms with Crippen LogP contribution < -0.4 is 0 Å². The van der Waals surface area contributed by atoms with Gasteiger partial charge in [-0.3, -0.25) is 9.59 Å². The Balaban J connectivity index is 2.15. The third kappa shape index (κ3) is 6.11. The van der Waals surface area contributed by atoms with Crippen molar-refractivity contribution in [1.29, 1.82) is 0 Å². The molecule has 0 radical (unpaired) electrons. The van der Waals surface area contributed by atoms with E-state index in [1.807, 2.05) is 13.0 Å². The molecule has 0 amide bonds. The third-order valence-corrected chi connectivity index (χ3v) is 6.35. The van der Waals surface area contributed by atoms with Crippen molar-refractivity contribution in [3.05, 3.63) is 65.3 Å². The van der Waals surface area contributed by atoms with E-state index in [-0.39, 0.29) is 23.0 Å². The average molecular weight is 402 g/mol. The predicted molar refractivity (Wildman–Crippen MR) is 110 cm³/mol. The lowest BCUT2D eigenvalue weighted by Crippen LogP contribution is -2.29. The number of carbonyl (C=O) groups excluding carboxylic acids is 2. The van der Waals surface area contributed by atoms with Gasteiger partial charge in [-0.05, 0) is 69.9 Å². The van der Waals surface area contributed by atoms with Crippen molar-refractivity contribution in [2.75, 3.05) is 13.1 Å². The van der Waals surface area contributed by atoms with Crippen LogP contribution in [0.15, 0.2) is 64.6 Å². The van der Waals surface area contributed by atoms with E-state index in [2.05, 4.69) is 0 Å². The van der Waals surface area contributed by atoms with Crippen LogP contribution in [0.1, 0.15) is 38.7 Å². The Labute approximate surface area is 167 Å². The van der Waals surface area contributed by atoms with E-state index in [9.17, 15) is 18.0 Å². The van der Waals surface area contributed by atoms with Gasteiger partial charge < -0.3 is 0 Å². The molecule has 150 valence electrons. The number of sulfonamides is 1. The summed E-state index contributed by atoms with van der Waals surface area (Å²) in [5, 5.41) is 0. The van der Waals surface area contributed by atoms with Crippen molar-refractivity contribution in [3.63, 3.8) is 0 Å². The van der Waals surface area contributed by atoms with Gasteiger partial charge in [-0.2, -0.15) is 4.31 Å². The van der Waals surface area contributed by atoms with Crippen LogP contribution in [0.2, 0.25) is 0 Å². The van der Waals surface area contributed by atoms with E-state index in [0.717, 1.165) is 36.0 Å². The zero-order valence-electron chi connectivity index (χ0n) is 16.6. The minimum absolute atomic E-state index is 0.0144. The van der Waals surface area contributed by atoms with Gasteiger partial charge in [0.2, 0.25) is 10.0 Å². The Bertz CT molecular complexity index is 922. The number of nitrogens with zero attached hydrogens (tertiary/aromatic N) is 1. The standard InChI is InChI=1S/C22H27NO4S/c1-17-9-13-22(14-10-17)28(26,27)23-15-20(8-6-4-5-7-18(2)24)21(16-23)12-11-19(3)25/h5,7,9-14H,4,6,8,15-16H2,1-3H3/b7-5+,12-11+. The van der Waals surface area contributed by atoms with Gasteiger partial charge in [-0.25, -0.2) is 8.42 Å². The Kier molecular flexibility index (Phi) is 7.66. The van der Waals surface area contributed by atoms with Crippen molar-refractivity contribution in [3.8, 4) is 0 Å². The number of benzene rings is 1. The number of rotatable bonds is 9. The summed E-state index contributed by atoms with van der Waals surface area (Å²) in [5.41, 5.74) is 2.90. The molecule has 0 unspecified atom stereocenters. The number of ketones is 2. The minimum atomic E-state index is -3.59. The lowest BCUT2D eigenvalue weighted by molar-refractivity contribution is -0.113. The number of unbranched alkanes of at least 4 members (excludes halogenated alkanes) is 1. The molecule has 0 spiro atoms. The molecule has 28 heavy (non-hydrogen) atoms. The van der Waals surface area contributed by atoms with Crippen molar-refractivity contribution in [2.24, 2.45) is 0 Å². The summed E-state index contributed by atoms with van der Waals surface area (Å²) in [7, 11) is -3.59. The molecule has 6 heteroatoms. The van der Waals surface area contributed by atoms with E-state index >= 15 is 0 Å². The fraction of sp³-hybridized carbons (Fsp3) is 0.364. The Morgan fingerprint density at radius 2 is 1.68 bits per heavy atom. The fourth-order valence-electron chi connectivity index (χ4n) is 3.01. The second-order valence-electron chi connectivity index (χ2n) is 7.06. The maximum Gasteiger partial charge on any atom is 0.243 e. The summed E-state index contributed by atoms with van der Waals surface area (Å²) in [6.07, 6.45) is 8.88. The molecule has 2 rings (SSSR count). The van der Waals surface area contributed by atoms with Crippen LogP contribution in [0.4, 0.5) is 0 Å². The van der Waals surface area contributed by atoms with Crippen LogP contribution in [0.25, 0.3) is 0 Å². The first-order valence-electron chi connectivity index (χ1n) is 9.33. The molecule has 0 N–H and O–H groups in total. The van der Waals surface area contributed by atoms with E-state index in [4.69, 9.17) is 0 Å². The minimum Gasteiger partial charge on any atom is -0.295 e. The van der Waals surface area contributed by atoms with Crippen LogP contribution in [0.5, 0.6) is 0 Å². The first-order valence-corrected chi connectivity index (χ1v) is 10.8. The summed E-state index contributed by atoms with van der Waals surface area (Å²) in [5.74, 6) is -0.0587. The zero-order valence-corrected chi connectivity index (χ0v) is 17.5. The molecular formula is C22H27NO4S. The summed E-state index contributed by atoms with van der Waals surface area (Å²) in [6, 6.07) is 6.82. The first-order chi connectivity index (χ1) is 13.2. The highest BCUT2D eigenvalue weighted by atomic mass is 32.2. The molecule has 0 fully saturated rings. The Morgan fingerprint density at radius 1 is 1.04 bits per heavy atom. The van der Waals surface area contributed by atoms with Gasteiger partial charge in [0.05, 0.1) is 4.90 Å².